The molecule has 0 unspecified atom stereocenters. The minimum absolute atomic E-state index is 0.0175. The van der Waals surface area contributed by atoms with E-state index in [1.54, 1.807) is 11.0 Å². The number of allylic oxidation sites excluding steroid dienone is 7. The number of amides is 1. The number of terminal acetylenes is 1. The first-order valence-corrected chi connectivity index (χ1v) is 17.1. The molecule has 6 nitrogen and oxygen atoms in total. The number of carbonyl (C=O) groups is 3. The van der Waals surface area contributed by atoms with Gasteiger partial charge in [-0.3, -0.25) is 9.59 Å². The summed E-state index contributed by atoms with van der Waals surface area (Å²) in [5.74, 6) is 2.55. The second kappa shape index (κ2) is 11.6. The van der Waals surface area contributed by atoms with Gasteiger partial charge in [0.05, 0.1) is 5.41 Å². The van der Waals surface area contributed by atoms with Crippen molar-refractivity contribution in [3.63, 3.8) is 0 Å². The molecular weight excluding hydrogens is 562 g/mol. The third-order valence-corrected chi connectivity index (χ3v) is 13.1. The summed E-state index contributed by atoms with van der Waals surface area (Å²) in [6.07, 6.45) is 19.5. The Hall–Kier alpha value is -3.07. The number of nitrogens with zero attached hydrogens (tertiary/aromatic N) is 1. The third-order valence-electron chi connectivity index (χ3n) is 13.1. The van der Waals surface area contributed by atoms with E-state index in [4.69, 9.17) is 15.9 Å². The van der Waals surface area contributed by atoms with Crippen molar-refractivity contribution in [3.8, 4) is 12.3 Å². The summed E-state index contributed by atoms with van der Waals surface area (Å²) in [6.45, 7) is 18.9. The fraction of sp³-hybridized carbons (Fsp3) is 0.667. The van der Waals surface area contributed by atoms with Gasteiger partial charge in [0, 0.05) is 24.1 Å². The molecular formula is C39H53NO5. The van der Waals surface area contributed by atoms with Gasteiger partial charge in [0.15, 0.2) is 12.4 Å². The first-order chi connectivity index (χ1) is 21.1. The summed E-state index contributed by atoms with van der Waals surface area (Å²) in [5.41, 5.74) is 3.33. The highest BCUT2D eigenvalue weighted by Gasteiger charge is 2.67. The van der Waals surface area contributed by atoms with Crippen LogP contribution in [0.2, 0.25) is 0 Å². The van der Waals surface area contributed by atoms with Gasteiger partial charge in [0.25, 0.3) is 0 Å². The van der Waals surface area contributed by atoms with Gasteiger partial charge in [0.2, 0.25) is 5.78 Å². The van der Waals surface area contributed by atoms with Gasteiger partial charge < -0.3 is 14.4 Å². The van der Waals surface area contributed by atoms with Crippen LogP contribution in [-0.4, -0.2) is 42.4 Å². The van der Waals surface area contributed by atoms with Gasteiger partial charge >= 0.3 is 12.1 Å². The summed E-state index contributed by atoms with van der Waals surface area (Å²) >= 11 is 0. The van der Waals surface area contributed by atoms with E-state index >= 15 is 0 Å². The molecule has 5 aliphatic rings. The molecule has 0 aromatic heterocycles. The molecule has 6 heteroatoms. The molecule has 0 aliphatic heterocycles. The van der Waals surface area contributed by atoms with Crippen molar-refractivity contribution in [3.05, 3.63) is 46.3 Å². The molecule has 0 heterocycles. The number of hydrogen-bond donors (Lipinski definition) is 0. The normalized spacial score (nSPS) is 37.0. The maximum absolute atomic E-state index is 13.7. The first-order valence-electron chi connectivity index (χ1n) is 17.1. The van der Waals surface area contributed by atoms with Crippen molar-refractivity contribution < 1.29 is 23.9 Å². The number of ketones is 1. The smallest absolute Gasteiger partial charge is 0.415 e. The lowest BCUT2D eigenvalue weighted by Gasteiger charge is -2.70. The molecule has 5 aliphatic carbocycles. The van der Waals surface area contributed by atoms with E-state index in [-0.39, 0.29) is 45.8 Å². The lowest BCUT2D eigenvalue weighted by Crippen LogP contribution is -2.62. The number of fused-ring (bicyclic) bond motifs is 7. The molecule has 0 saturated heterocycles. The van der Waals surface area contributed by atoms with Crippen LogP contribution in [0, 0.1) is 45.3 Å². The van der Waals surface area contributed by atoms with Gasteiger partial charge in [0.1, 0.15) is 0 Å². The molecule has 45 heavy (non-hydrogen) atoms. The standard InChI is InChI=1S/C39H53NO5/c1-10-21-40(22-11-2)34(43)45-32-26(4)27-13-14-30-37(7,28(27)24-29(32)41)18-20-39(9)31-25-36(6,33(42)44-23-12-3)16-15-35(31,5)17-19-38(30,39)8/h3,13-14,24,31H,10-11,15-23,25H2,1-2,4-9H3/t31-,35-,36-,37+,38-,39+/m1/s1. The van der Waals surface area contributed by atoms with Crippen molar-refractivity contribution in [1.82, 2.24) is 4.90 Å². The predicted molar refractivity (Wildman–Crippen MR) is 177 cm³/mol. The zero-order valence-electron chi connectivity index (χ0n) is 28.9. The SMILES string of the molecule is C#CCOC(=O)[C@]1(C)CC[C@]2(C)CC[C@]3(C)C4=CC=C5C(=CC(=O)C(OC(=O)N(CCC)CCC)=C5C)[C@]4(C)CC[C@@]3(C)[C@@H]2C1. The summed E-state index contributed by atoms with van der Waals surface area (Å²) in [4.78, 5) is 41.7. The zero-order chi connectivity index (χ0) is 33.0. The molecule has 0 aromatic carbocycles. The molecule has 0 radical (unpaired) electrons. The summed E-state index contributed by atoms with van der Waals surface area (Å²) in [7, 11) is 0. The summed E-state index contributed by atoms with van der Waals surface area (Å²) < 4.78 is 11.3. The van der Waals surface area contributed by atoms with Crippen LogP contribution >= 0.6 is 0 Å². The van der Waals surface area contributed by atoms with Crippen LogP contribution in [0.1, 0.15) is 113 Å². The quantitative estimate of drug-likeness (QED) is 0.212. The van der Waals surface area contributed by atoms with Crippen LogP contribution in [-0.2, 0) is 19.1 Å². The van der Waals surface area contributed by atoms with Crippen LogP contribution in [0.25, 0.3) is 0 Å². The Morgan fingerprint density at radius 2 is 1.64 bits per heavy atom. The molecule has 244 valence electrons. The summed E-state index contributed by atoms with van der Waals surface area (Å²) in [6, 6.07) is 0. The maximum atomic E-state index is 13.7. The molecule has 3 fully saturated rings. The van der Waals surface area contributed by atoms with Gasteiger partial charge in [-0.2, -0.15) is 0 Å². The van der Waals surface area contributed by atoms with E-state index in [0.717, 1.165) is 74.5 Å². The van der Waals surface area contributed by atoms with Crippen molar-refractivity contribution in [2.45, 2.75) is 113 Å². The van der Waals surface area contributed by atoms with E-state index in [0.29, 0.717) is 19.0 Å². The van der Waals surface area contributed by atoms with Gasteiger partial charge in [-0.25, -0.2) is 4.79 Å². The number of carbonyl (C=O) groups excluding carboxylic acids is 3. The van der Waals surface area contributed by atoms with Crippen molar-refractivity contribution in [2.75, 3.05) is 19.7 Å². The van der Waals surface area contributed by atoms with Gasteiger partial charge in [-0.05, 0) is 111 Å². The van der Waals surface area contributed by atoms with Crippen LogP contribution in [0.15, 0.2) is 46.3 Å². The largest absolute Gasteiger partial charge is 0.452 e. The number of ether oxygens (including phenoxy) is 2. The van der Waals surface area contributed by atoms with Crippen molar-refractivity contribution in [1.29, 1.82) is 0 Å². The van der Waals surface area contributed by atoms with Crippen LogP contribution in [0.5, 0.6) is 0 Å². The first kappa shape index (κ1) is 33.3. The minimum atomic E-state index is -0.547. The highest BCUT2D eigenvalue weighted by atomic mass is 16.6. The minimum Gasteiger partial charge on any atom is -0.452 e. The van der Waals surface area contributed by atoms with Crippen molar-refractivity contribution >= 4 is 17.8 Å². The second-order valence-electron chi connectivity index (χ2n) is 15.7. The van der Waals surface area contributed by atoms with Gasteiger partial charge in [-0.1, -0.05) is 65.2 Å². The predicted octanol–water partition coefficient (Wildman–Crippen LogP) is 8.49. The summed E-state index contributed by atoms with van der Waals surface area (Å²) in [5, 5.41) is 0. The molecule has 1 amide bonds. The number of esters is 1. The fourth-order valence-corrected chi connectivity index (χ4v) is 10.0. The van der Waals surface area contributed by atoms with E-state index < -0.39 is 11.5 Å². The van der Waals surface area contributed by atoms with E-state index in [1.807, 2.05) is 20.8 Å². The Morgan fingerprint density at radius 3 is 2.29 bits per heavy atom. The van der Waals surface area contributed by atoms with Gasteiger partial charge in [-0.15, -0.1) is 6.42 Å². The Labute approximate surface area is 270 Å². The van der Waals surface area contributed by atoms with Crippen molar-refractivity contribution in [2.24, 2.45) is 33.0 Å². The van der Waals surface area contributed by atoms with Crippen LogP contribution in [0.3, 0.4) is 0 Å². The molecule has 0 N–H and O–H groups in total. The highest BCUT2D eigenvalue weighted by Crippen LogP contribution is 2.75. The molecule has 5 rings (SSSR count). The Morgan fingerprint density at radius 1 is 0.978 bits per heavy atom. The fourth-order valence-electron chi connectivity index (χ4n) is 10.0. The lowest BCUT2D eigenvalue weighted by atomic mass is 9.34. The maximum Gasteiger partial charge on any atom is 0.415 e. The average Bonchev–Trinajstić information content (AvgIpc) is 3.00. The zero-order valence-corrected chi connectivity index (χ0v) is 28.9. The molecule has 0 aromatic rings. The topological polar surface area (TPSA) is 72.9 Å². The molecule has 0 spiro atoms. The Kier molecular flexibility index (Phi) is 8.60. The Balaban J connectivity index is 1.51. The lowest BCUT2D eigenvalue weighted by molar-refractivity contribution is -0.181. The Bertz CT molecular complexity index is 1450. The van der Waals surface area contributed by atoms with E-state index in [1.165, 1.54) is 5.57 Å². The number of hydrogen-bond acceptors (Lipinski definition) is 5. The monoisotopic (exact) mass is 615 g/mol. The molecule has 6 atom stereocenters. The van der Waals surface area contributed by atoms with Crippen LogP contribution in [0.4, 0.5) is 4.79 Å². The van der Waals surface area contributed by atoms with Crippen LogP contribution < -0.4 is 0 Å². The molecule has 3 saturated carbocycles. The number of rotatable bonds is 7. The average molecular weight is 616 g/mol. The van der Waals surface area contributed by atoms with E-state index in [2.05, 4.69) is 52.7 Å². The van der Waals surface area contributed by atoms with E-state index in [9.17, 15) is 14.4 Å². The second-order valence-corrected chi connectivity index (χ2v) is 15.7. The third kappa shape index (κ3) is 5.04. The molecule has 0 bridgehead atoms. The highest BCUT2D eigenvalue weighted by molar-refractivity contribution is 6.08.